The predicted molar refractivity (Wildman–Crippen MR) is 61.3 cm³/mol. The second-order valence-corrected chi connectivity index (χ2v) is 3.67. The van der Waals surface area contributed by atoms with Crippen LogP contribution in [0.2, 0.25) is 0 Å². The zero-order chi connectivity index (χ0) is 12.3. The van der Waals surface area contributed by atoms with Crippen molar-refractivity contribution in [1.29, 1.82) is 0 Å². The topological polar surface area (TPSA) is 42.4 Å². The van der Waals surface area contributed by atoms with Crippen LogP contribution in [-0.4, -0.2) is 10.1 Å². The molecule has 4 heteroatoms. The van der Waals surface area contributed by atoms with Gasteiger partial charge in [0.15, 0.2) is 0 Å². The normalized spacial score (nSPS) is 12.2. The van der Waals surface area contributed by atoms with Crippen LogP contribution in [0.4, 0.5) is 4.39 Å². The summed E-state index contributed by atoms with van der Waals surface area (Å²) < 4.78 is 18.3. The van der Waals surface area contributed by atoms with Crippen LogP contribution in [0.3, 0.4) is 0 Å². The van der Waals surface area contributed by atoms with E-state index in [0.29, 0.717) is 17.2 Å². The molecule has 0 bridgehead atoms. The van der Waals surface area contributed by atoms with E-state index in [2.05, 4.69) is 4.98 Å². The molecule has 2 rings (SSSR count). The van der Waals surface area contributed by atoms with Crippen LogP contribution >= 0.6 is 0 Å². The summed E-state index contributed by atoms with van der Waals surface area (Å²) in [6, 6.07) is 9.18. The van der Waals surface area contributed by atoms with E-state index in [-0.39, 0.29) is 5.82 Å². The Morgan fingerprint density at radius 3 is 2.71 bits per heavy atom. The first-order valence-electron chi connectivity index (χ1n) is 5.22. The SMILES string of the molecule is C[C@H](O)c1ccc(Oc2cccc(F)c2)nc1. The average molecular weight is 233 g/mol. The first kappa shape index (κ1) is 11.5. The molecule has 0 radical (unpaired) electrons. The summed E-state index contributed by atoms with van der Waals surface area (Å²) in [4.78, 5) is 4.02. The van der Waals surface area contributed by atoms with Crippen LogP contribution in [0.25, 0.3) is 0 Å². The number of pyridine rings is 1. The van der Waals surface area contributed by atoms with Crippen molar-refractivity contribution in [2.75, 3.05) is 0 Å². The van der Waals surface area contributed by atoms with Crippen LogP contribution < -0.4 is 4.74 Å². The maximum atomic E-state index is 12.9. The minimum absolute atomic E-state index is 0.358. The lowest BCUT2D eigenvalue weighted by Gasteiger charge is -2.07. The van der Waals surface area contributed by atoms with E-state index in [1.807, 2.05) is 0 Å². The highest BCUT2D eigenvalue weighted by Crippen LogP contribution is 2.21. The molecule has 0 fully saturated rings. The Hall–Kier alpha value is -1.94. The van der Waals surface area contributed by atoms with Crippen molar-refractivity contribution >= 4 is 0 Å². The van der Waals surface area contributed by atoms with Crippen molar-refractivity contribution in [1.82, 2.24) is 4.98 Å². The van der Waals surface area contributed by atoms with E-state index < -0.39 is 6.10 Å². The van der Waals surface area contributed by atoms with Gasteiger partial charge in [-0.1, -0.05) is 6.07 Å². The summed E-state index contributed by atoms with van der Waals surface area (Å²) >= 11 is 0. The predicted octanol–water partition coefficient (Wildman–Crippen LogP) is 3.07. The number of benzene rings is 1. The first-order chi connectivity index (χ1) is 8.15. The smallest absolute Gasteiger partial charge is 0.219 e. The van der Waals surface area contributed by atoms with Crippen molar-refractivity contribution in [3.05, 3.63) is 54.0 Å². The minimum Gasteiger partial charge on any atom is -0.439 e. The number of halogens is 1. The molecule has 3 nitrogen and oxygen atoms in total. The highest BCUT2D eigenvalue weighted by Gasteiger charge is 2.03. The van der Waals surface area contributed by atoms with Gasteiger partial charge in [-0.25, -0.2) is 9.37 Å². The van der Waals surface area contributed by atoms with Gasteiger partial charge in [-0.05, 0) is 30.7 Å². The molecule has 0 saturated carbocycles. The number of hydrogen-bond donors (Lipinski definition) is 1. The van der Waals surface area contributed by atoms with Crippen molar-refractivity contribution in [2.45, 2.75) is 13.0 Å². The number of aromatic nitrogens is 1. The van der Waals surface area contributed by atoms with Crippen molar-refractivity contribution in [2.24, 2.45) is 0 Å². The van der Waals surface area contributed by atoms with Crippen LogP contribution in [0.1, 0.15) is 18.6 Å². The highest BCUT2D eigenvalue weighted by molar-refractivity contribution is 5.28. The Bertz CT molecular complexity index is 497. The quantitative estimate of drug-likeness (QED) is 0.885. The van der Waals surface area contributed by atoms with Gasteiger partial charge in [0.1, 0.15) is 11.6 Å². The van der Waals surface area contributed by atoms with Gasteiger partial charge in [-0.3, -0.25) is 0 Å². The highest BCUT2D eigenvalue weighted by atomic mass is 19.1. The molecule has 0 saturated heterocycles. The molecule has 0 unspecified atom stereocenters. The average Bonchev–Trinajstić information content (AvgIpc) is 2.29. The van der Waals surface area contributed by atoms with Crippen LogP contribution in [0, 0.1) is 5.82 Å². The second-order valence-electron chi connectivity index (χ2n) is 3.67. The molecular weight excluding hydrogens is 221 g/mol. The Morgan fingerprint density at radius 2 is 2.12 bits per heavy atom. The zero-order valence-corrected chi connectivity index (χ0v) is 9.30. The van der Waals surface area contributed by atoms with Gasteiger partial charge in [0, 0.05) is 18.3 Å². The molecule has 1 N–H and O–H groups in total. The molecule has 0 aliphatic carbocycles. The summed E-state index contributed by atoms with van der Waals surface area (Å²) in [5.74, 6) is 0.394. The van der Waals surface area contributed by atoms with E-state index >= 15 is 0 Å². The van der Waals surface area contributed by atoms with Gasteiger partial charge in [0.2, 0.25) is 5.88 Å². The van der Waals surface area contributed by atoms with Crippen molar-refractivity contribution in [3.8, 4) is 11.6 Å². The summed E-state index contributed by atoms with van der Waals surface area (Å²) in [5.41, 5.74) is 0.705. The van der Waals surface area contributed by atoms with E-state index in [1.54, 1.807) is 31.2 Å². The van der Waals surface area contributed by atoms with Crippen LogP contribution in [-0.2, 0) is 0 Å². The minimum atomic E-state index is -0.564. The molecule has 1 atom stereocenters. The molecule has 0 spiro atoms. The van der Waals surface area contributed by atoms with E-state index in [4.69, 9.17) is 4.74 Å². The molecule has 0 aliphatic heterocycles. The molecule has 88 valence electrons. The Kier molecular flexibility index (Phi) is 3.35. The fourth-order valence-electron chi connectivity index (χ4n) is 1.35. The lowest BCUT2D eigenvalue weighted by atomic mass is 10.2. The summed E-state index contributed by atoms with van der Waals surface area (Å²) in [6.07, 6.45) is 0.963. The number of rotatable bonds is 3. The van der Waals surface area contributed by atoms with Crippen LogP contribution in [0.5, 0.6) is 11.6 Å². The number of ether oxygens (including phenoxy) is 1. The molecule has 0 amide bonds. The number of aliphatic hydroxyl groups is 1. The molecule has 17 heavy (non-hydrogen) atoms. The third-order valence-corrected chi connectivity index (χ3v) is 2.26. The summed E-state index contributed by atoms with van der Waals surface area (Å²) in [5, 5.41) is 9.31. The van der Waals surface area contributed by atoms with Gasteiger partial charge >= 0.3 is 0 Å². The summed E-state index contributed by atoms with van der Waals surface area (Å²) in [7, 11) is 0. The van der Waals surface area contributed by atoms with Gasteiger partial charge in [0.25, 0.3) is 0 Å². The maximum absolute atomic E-state index is 12.9. The molecule has 2 aromatic rings. The maximum Gasteiger partial charge on any atom is 0.219 e. The molecule has 0 aliphatic rings. The van der Waals surface area contributed by atoms with Crippen molar-refractivity contribution in [3.63, 3.8) is 0 Å². The Labute approximate surface area is 98.5 Å². The van der Waals surface area contributed by atoms with E-state index in [0.717, 1.165) is 0 Å². The Balaban J connectivity index is 2.14. The fourth-order valence-corrected chi connectivity index (χ4v) is 1.35. The standard InChI is InChI=1S/C13H12FNO2/c1-9(16)10-5-6-13(15-8-10)17-12-4-2-3-11(14)7-12/h2-9,16H,1H3/t9-/m0/s1. The Morgan fingerprint density at radius 1 is 1.29 bits per heavy atom. The molecule has 1 heterocycles. The zero-order valence-electron chi connectivity index (χ0n) is 9.30. The first-order valence-corrected chi connectivity index (χ1v) is 5.22. The summed E-state index contributed by atoms with van der Waals surface area (Å²) in [6.45, 7) is 1.66. The largest absolute Gasteiger partial charge is 0.439 e. The lowest BCUT2D eigenvalue weighted by molar-refractivity contribution is 0.198. The van der Waals surface area contributed by atoms with Crippen LogP contribution in [0.15, 0.2) is 42.6 Å². The lowest BCUT2D eigenvalue weighted by Crippen LogP contribution is -1.93. The van der Waals surface area contributed by atoms with Crippen molar-refractivity contribution < 1.29 is 14.2 Å². The molecule has 1 aromatic carbocycles. The third kappa shape index (κ3) is 3.01. The molecular formula is C13H12FNO2. The number of hydrogen-bond acceptors (Lipinski definition) is 3. The second kappa shape index (κ2) is 4.93. The van der Waals surface area contributed by atoms with Gasteiger partial charge in [0.05, 0.1) is 6.10 Å². The molecule has 1 aromatic heterocycles. The van der Waals surface area contributed by atoms with Gasteiger partial charge in [-0.15, -0.1) is 0 Å². The third-order valence-electron chi connectivity index (χ3n) is 2.26. The van der Waals surface area contributed by atoms with Gasteiger partial charge in [-0.2, -0.15) is 0 Å². The van der Waals surface area contributed by atoms with Gasteiger partial charge < -0.3 is 9.84 Å². The number of aliphatic hydroxyl groups excluding tert-OH is 1. The van der Waals surface area contributed by atoms with E-state index in [1.165, 1.54) is 18.3 Å². The monoisotopic (exact) mass is 233 g/mol. The fraction of sp³-hybridized carbons (Fsp3) is 0.154. The number of nitrogens with zero attached hydrogens (tertiary/aromatic N) is 1. The van der Waals surface area contributed by atoms with E-state index in [9.17, 15) is 9.50 Å².